The predicted molar refractivity (Wildman–Crippen MR) is 113 cm³/mol. The monoisotopic (exact) mass is 399 g/mol. The summed E-state index contributed by atoms with van der Waals surface area (Å²) in [6.45, 7) is 5.79. The summed E-state index contributed by atoms with van der Waals surface area (Å²) in [7, 11) is 0. The van der Waals surface area contributed by atoms with Crippen LogP contribution in [0.1, 0.15) is 25.0 Å². The molecule has 28 heavy (non-hydrogen) atoms. The van der Waals surface area contributed by atoms with Crippen LogP contribution in [0, 0.1) is 6.92 Å². The van der Waals surface area contributed by atoms with Crippen LogP contribution in [0.5, 0.6) is 5.75 Å². The molecule has 0 aliphatic carbocycles. The van der Waals surface area contributed by atoms with Gasteiger partial charge in [-0.2, -0.15) is 5.10 Å². The highest BCUT2D eigenvalue weighted by Crippen LogP contribution is 2.17. The number of thioether (sulfide) groups is 1. The standard InChI is InChI=1S/C21H25N3O3S/c1-15(2)23-20(25)13-27-18-8-6-17(7-9-18)12-22-24-21(26)14-28-19-10-4-16(3)5-11-19/h4-12,15H,13-14H2,1-3H3,(H,23,25)(H,24,26)/b22-12-. The Kier molecular flexibility index (Phi) is 8.55. The molecule has 2 amide bonds. The van der Waals surface area contributed by atoms with Crippen LogP contribution < -0.4 is 15.5 Å². The Hall–Kier alpha value is -2.80. The molecule has 0 aliphatic heterocycles. The zero-order chi connectivity index (χ0) is 20.4. The van der Waals surface area contributed by atoms with Crippen LogP contribution >= 0.6 is 11.8 Å². The molecule has 7 heteroatoms. The van der Waals surface area contributed by atoms with E-state index in [-0.39, 0.29) is 24.5 Å². The number of hydrogen-bond acceptors (Lipinski definition) is 5. The molecule has 0 unspecified atom stereocenters. The van der Waals surface area contributed by atoms with E-state index in [0.29, 0.717) is 11.5 Å². The molecule has 6 nitrogen and oxygen atoms in total. The number of amides is 2. The topological polar surface area (TPSA) is 79.8 Å². The van der Waals surface area contributed by atoms with Gasteiger partial charge in [-0.15, -0.1) is 11.8 Å². The summed E-state index contributed by atoms with van der Waals surface area (Å²) in [4.78, 5) is 24.5. The van der Waals surface area contributed by atoms with Crippen molar-refractivity contribution in [1.29, 1.82) is 0 Å². The van der Waals surface area contributed by atoms with Gasteiger partial charge in [0, 0.05) is 10.9 Å². The molecule has 0 atom stereocenters. The maximum atomic E-state index is 11.8. The lowest BCUT2D eigenvalue weighted by Gasteiger charge is -2.09. The lowest BCUT2D eigenvalue weighted by Crippen LogP contribution is -2.34. The van der Waals surface area contributed by atoms with Crippen molar-refractivity contribution < 1.29 is 14.3 Å². The number of ether oxygens (including phenoxy) is 1. The fourth-order valence-electron chi connectivity index (χ4n) is 2.16. The number of nitrogens with one attached hydrogen (secondary N) is 2. The van der Waals surface area contributed by atoms with E-state index in [4.69, 9.17) is 4.74 Å². The van der Waals surface area contributed by atoms with E-state index in [1.807, 2.05) is 45.0 Å². The smallest absolute Gasteiger partial charge is 0.258 e. The molecule has 0 aromatic heterocycles. The van der Waals surface area contributed by atoms with Crippen molar-refractivity contribution in [2.75, 3.05) is 12.4 Å². The molecule has 0 saturated carbocycles. The molecule has 0 saturated heterocycles. The summed E-state index contributed by atoms with van der Waals surface area (Å²) in [5, 5.41) is 6.72. The van der Waals surface area contributed by atoms with Crippen LogP contribution in [0.3, 0.4) is 0 Å². The normalized spacial score (nSPS) is 10.9. The highest BCUT2D eigenvalue weighted by Gasteiger charge is 2.04. The molecule has 148 valence electrons. The average Bonchev–Trinajstić information content (AvgIpc) is 2.66. The van der Waals surface area contributed by atoms with Gasteiger partial charge in [-0.25, -0.2) is 5.43 Å². The number of aryl methyl sites for hydroxylation is 1. The first-order chi connectivity index (χ1) is 13.4. The molecule has 0 spiro atoms. The first-order valence-corrected chi connectivity index (χ1v) is 9.94. The summed E-state index contributed by atoms with van der Waals surface area (Å²) < 4.78 is 5.42. The predicted octanol–water partition coefficient (Wildman–Crippen LogP) is 3.14. The summed E-state index contributed by atoms with van der Waals surface area (Å²) in [5.74, 6) is 0.561. The van der Waals surface area contributed by atoms with Gasteiger partial charge in [-0.1, -0.05) is 17.7 Å². The fraction of sp³-hybridized carbons (Fsp3) is 0.286. The molecule has 2 aromatic carbocycles. The van der Waals surface area contributed by atoms with Gasteiger partial charge in [0.05, 0.1) is 12.0 Å². The third-order valence-corrected chi connectivity index (χ3v) is 4.51. The van der Waals surface area contributed by atoms with E-state index in [9.17, 15) is 9.59 Å². The number of hydrogen-bond donors (Lipinski definition) is 2. The molecule has 2 aromatic rings. The Balaban J connectivity index is 1.72. The van der Waals surface area contributed by atoms with Crippen LogP contribution in [0.15, 0.2) is 58.5 Å². The second kappa shape index (κ2) is 11.1. The minimum absolute atomic E-state index is 0.0275. The molecule has 0 radical (unpaired) electrons. The third kappa shape index (κ3) is 8.26. The Morgan fingerprint density at radius 1 is 1.07 bits per heavy atom. The zero-order valence-electron chi connectivity index (χ0n) is 16.3. The number of benzene rings is 2. The molecule has 0 aliphatic rings. The fourth-order valence-corrected chi connectivity index (χ4v) is 2.85. The largest absolute Gasteiger partial charge is 0.484 e. The van der Waals surface area contributed by atoms with Gasteiger partial charge in [0.15, 0.2) is 6.61 Å². The van der Waals surface area contributed by atoms with Gasteiger partial charge in [-0.3, -0.25) is 9.59 Å². The second-order valence-electron chi connectivity index (χ2n) is 6.47. The number of rotatable bonds is 9. The number of carbonyl (C=O) groups excluding carboxylic acids is 2. The minimum Gasteiger partial charge on any atom is -0.484 e. The Morgan fingerprint density at radius 3 is 2.39 bits per heavy atom. The van der Waals surface area contributed by atoms with Crippen molar-refractivity contribution >= 4 is 29.8 Å². The van der Waals surface area contributed by atoms with E-state index in [1.165, 1.54) is 17.3 Å². The number of carbonyl (C=O) groups is 2. The van der Waals surface area contributed by atoms with Crippen molar-refractivity contribution in [3.05, 3.63) is 59.7 Å². The summed E-state index contributed by atoms with van der Waals surface area (Å²) in [5.41, 5.74) is 4.51. The maximum absolute atomic E-state index is 11.8. The third-order valence-electron chi connectivity index (χ3n) is 3.49. The van der Waals surface area contributed by atoms with Crippen LogP contribution in [0.2, 0.25) is 0 Å². The molecular formula is C21H25N3O3S. The Labute approximate surface area is 169 Å². The highest BCUT2D eigenvalue weighted by atomic mass is 32.2. The molecule has 0 fully saturated rings. The van der Waals surface area contributed by atoms with E-state index in [0.717, 1.165) is 10.5 Å². The quantitative estimate of drug-likeness (QED) is 0.386. The summed E-state index contributed by atoms with van der Waals surface area (Å²) >= 11 is 1.46. The van der Waals surface area contributed by atoms with Crippen molar-refractivity contribution in [1.82, 2.24) is 10.7 Å². The van der Waals surface area contributed by atoms with E-state index in [2.05, 4.69) is 15.8 Å². The zero-order valence-corrected chi connectivity index (χ0v) is 17.1. The maximum Gasteiger partial charge on any atom is 0.258 e. The van der Waals surface area contributed by atoms with Gasteiger partial charge in [-0.05, 0) is 62.7 Å². The summed E-state index contributed by atoms with van der Waals surface area (Å²) in [6, 6.07) is 15.2. The van der Waals surface area contributed by atoms with E-state index < -0.39 is 0 Å². The van der Waals surface area contributed by atoms with Crippen molar-refractivity contribution in [2.24, 2.45) is 5.10 Å². The molecule has 2 N–H and O–H groups in total. The molecule has 0 bridgehead atoms. The van der Waals surface area contributed by atoms with Gasteiger partial charge in [0.25, 0.3) is 5.91 Å². The molecule has 2 rings (SSSR count). The highest BCUT2D eigenvalue weighted by molar-refractivity contribution is 8.00. The Bertz CT molecular complexity index is 803. The van der Waals surface area contributed by atoms with Gasteiger partial charge >= 0.3 is 0 Å². The van der Waals surface area contributed by atoms with Crippen LogP contribution in [0.4, 0.5) is 0 Å². The van der Waals surface area contributed by atoms with Crippen molar-refractivity contribution in [2.45, 2.75) is 31.7 Å². The first-order valence-electron chi connectivity index (χ1n) is 8.96. The SMILES string of the molecule is Cc1ccc(SCC(=O)N/N=C\c2ccc(OCC(=O)NC(C)C)cc2)cc1. The Morgan fingerprint density at radius 2 is 1.75 bits per heavy atom. The van der Waals surface area contributed by atoms with Crippen molar-refractivity contribution in [3.8, 4) is 5.75 Å². The first kappa shape index (κ1) is 21.5. The van der Waals surface area contributed by atoms with Crippen LogP contribution in [0.25, 0.3) is 0 Å². The lowest BCUT2D eigenvalue weighted by atomic mass is 10.2. The van der Waals surface area contributed by atoms with Crippen LogP contribution in [-0.4, -0.2) is 36.4 Å². The van der Waals surface area contributed by atoms with Gasteiger partial charge in [0.2, 0.25) is 5.91 Å². The minimum atomic E-state index is -0.169. The summed E-state index contributed by atoms with van der Waals surface area (Å²) in [6.07, 6.45) is 1.56. The van der Waals surface area contributed by atoms with Crippen molar-refractivity contribution in [3.63, 3.8) is 0 Å². The van der Waals surface area contributed by atoms with Crippen LogP contribution in [-0.2, 0) is 9.59 Å². The van der Waals surface area contributed by atoms with Gasteiger partial charge < -0.3 is 10.1 Å². The van der Waals surface area contributed by atoms with E-state index in [1.54, 1.807) is 30.5 Å². The number of nitrogens with zero attached hydrogens (tertiary/aromatic N) is 1. The van der Waals surface area contributed by atoms with Gasteiger partial charge in [0.1, 0.15) is 5.75 Å². The second-order valence-corrected chi connectivity index (χ2v) is 7.52. The lowest BCUT2D eigenvalue weighted by molar-refractivity contribution is -0.123. The molecular weight excluding hydrogens is 374 g/mol. The molecule has 0 heterocycles. The number of hydrazone groups is 1. The van der Waals surface area contributed by atoms with E-state index >= 15 is 0 Å². The average molecular weight is 400 g/mol.